The first-order chi connectivity index (χ1) is 14.5. The molecule has 1 fully saturated rings. The van der Waals surface area contributed by atoms with Crippen LogP contribution in [0.4, 0.5) is 11.5 Å². The maximum atomic E-state index is 12.7. The number of hydrogen-bond acceptors (Lipinski definition) is 4. The minimum Gasteiger partial charge on any atom is -0.321 e. The highest BCUT2D eigenvalue weighted by atomic mass is 16.2. The third-order valence-electron chi connectivity index (χ3n) is 5.11. The van der Waals surface area contributed by atoms with Gasteiger partial charge in [-0.2, -0.15) is 0 Å². The van der Waals surface area contributed by atoms with Crippen molar-refractivity contribution in [2.75, 3.05) is 10.6 Å². The molecule has 0 saturated heterocycles. The van der Waals surface area contributed by atoms with Crippen LogP contribution in [0, 0.1) is 5.92 Å². The summed E-state index contributed by atoms with van der Waals surface area (Å²) in [6.45, 7) is 4.31. The standard InChI is InChI=1S/C24H24N4O2/c1-15(2)20-5-3-4-6-21(20)18-11-19(14-25-13-18)27-24(30)17-9-10-26-22(12-17)28-23(29)16-7-8-16/h3-6,9-16H,7-8H2,1-2H3,(H,27,30)(H,26,28,29). The van der Waals surface area contributed by atoms with Crippen LogP contribution >= 0.6 is 0 Å². The van der Waals surface area contributed by atoms with Gasteiger partial charge in [-0.3, -0.25) is 14.6 Å². The van der Waals surface area contributed by atoms with Gasteiger partial charge in [0.2, 0.25) is 5.91 Å². The van der Waals surface area contributed by atoms with Gasteiger partial charge in [0.05, 0.1) is 11.9 Å². The van der Waals surface area contributed by atoms with Crippen molar-refractivity contribution in [1.29, 1.82) is 0 Å². The summed E-state index contributed by atoms with van der Waals surface area (Å²) in [5, 5.41) is 5.66. The summed E-state index contributed by atoms with van der Waals surface area (Å²) in [6.07, 6.45) is 6.76. The summed E-state index contributed by atoms with van der Waals surface area (Å²) in [6, 6.07) is 13.3. The van der Waals surface area contributed by atoms with Crippen LogP contribution in [0.3, 0.4) is 0 Å². The van der Waals surface area contributed by atoms with Crippen molar-refractivity contribution < 1.29 is 9.59 Å². The van der Waals surface area contributed by atoms with Crippen LogP contribution < -0.4 is 10.6 Å². The van der Waals surface area contributed by atoms with Gasteiger partial charge >= 0.3 is 0 Å². The molecule has 1 aliphatic carbocycles. The van der Waals surface area contributed by atoms with E-state index in [1.165, 1.54) is 11.8 Å². The maximum absolute atomic E-state index is 12.7. The highest BCUT2D eigenvalue weighted by Gasteiger charge is 2.29. The molecule has 2 heterocycles. The molecule has 2 aromatic heterocycles. The van der Waals surface area contributed by atoms with Crippen LogP contribution in [-0.2, 0) is 4.79 Å². The van der Waals surface area contributed by atoms with Gasteiger partial charge in [-0.25, -0.2) is 4.98 Å². The lowest BCUT2D eigenvalue weighted by Gasteiger charge is -2.13. The SMILES string of the molecule is CC(C)c1ccccc1-c1cncc(NC(=O)c2ccnc(NC(=O)C3CC3)c2)c1. The fourth-order valence-corrected chi connectivity index (χ4v) is 3.34. The molecule has 3 aromatic rings. The number of hydrogen-bond donors (Lipinski definition) is 2. The Morgan fingerprint density at radius 3 is 2.60 bits per heavy atom. The lowest BCUT2D eigenvalue weighted by Crippen LogP contribution is -2.16. The zero-order valence-electron chi connectivity index (χ0n) is 17.1. The largest absolute Gasteiger partial charge is 0.321 e. The van der Waals surface area contributed by atoms with Crippen LogP contribution in [0.2, 0.25) is 0 Å². The normalized spacial score (nSPS) is 13.2. The summed E-state index contributed by atoms with van der Waals surface area (Å²) in [4.78, 5) is 33.1. The molecule has 1 aromatic carbocycles. The topological polar surface area (TPSA) is 84.0 Å². The molecule has 0 bridgehead atoms. The Labute approximate surface area is 175 Å². The van der Waals surface area contributed by atoms with E-state index in [0.29, 0.717) is 23.0 Å². The van der Waals surface area contributed by atoms with Gasteiger partial charge < -0.3 is 10.6 Å². The molecule has 6 heteroatoms. The van der Waals surface area contributed by atoms with Crippen LogP contribution in [0.25, 0.3) is 11.1 Å². The van der Waals surface area contributed by atoms with Gasteiger partial charge in [0.15, 0.2) is 0 Å². The van der Waals surface area contributed by atoms with Crippen molar-refractivity contribution in [2.24, 2.45) is 5.92 Å². The third-order valence-corrected chi connectivity index (χ3v) is 5.11. The molecule has 0 spiro atoms. The average molecular weight is 400 g/mol. The Kier molecular flexibility index (Phi) is 5.57. The summed E-state index contributed by atoms with van der Waals surface area (Å²) < 4.78 is 0. The second kappa shape index (κ2) is 8.45. The fourth-order valence-electron chi connectivity index (χ4n) is 3.34. The molecule has 30 heavy (non-hydrogen) atoms. The number of amides is 2. The van der Waals surface area contributed by atoms with Crippen molar-refractivity contribution in [3.63, 3.8) is 0 Å². The Balaban J connectivity index is 1.52. The summed E-state index contributed by atoms with van der Waals surface area (Å²) in [7, 11) is 0. The fraction of sp³-hybridized carbons (Fsp3) is 0.250. The molecular formula is C24H24N4O2. The van der Waals surface area contributed by atoms with Crippen molar-refractivity contribution in [1.82, 2.24) is 9.97 Å². The van der Waals surface area contributed by atoms with E-state index in [2.05, 4.69) is 46.6 Å². The van der Waals surface area contributed by atoms with E-state index in [4.69, 9.17) is 0 Å². The first-order valence-corrected chi connectivity index (χ1v) is 10.1. The smallest absolute Gasteiger partial charge is 0.255 e. The maximum Gasteiger partial charge on any atom is 0.255 e. The molecular weight excluding hydrogens is 376 g/mol. The van der Waals surface area contributed by atoms with E-state index in [1.54, 1.807) is 24.5 Å². The number of pyridine rings is 2. The van der Waals surface area contributed by atoms with Gasteiger partial charge in [-0.1, -0.05) is 38.1 Å². The zero-order chi connectivity index (χ0) is 21.1. The second-order valence-corrected chi connectivity index (χ2v) is 7.85. The number of nitrogens with one attached hydrogen (secondary N) is 2. The van der Waals surface area contributed by atoms with Crippen LogP contribution in [0.15, 0.2) is 61.1 Å². The predicted molar refractivity (Wildman–Crippen MR) is 117 cm³/mol. The molecule has 0 radical (unpaired) electrons. The molecule has 2 N–H and O–H groups in total. The molecule has 1 aliphatic rings. The van der Waals surface area contributed by atoms with Crippen molar-refractivity contribution >= 4 is 23.3 Å². The number of rotatable bonds is 6. The van der Waals surface area contributed by atoms with E-state index in [1.807, 2.05) is 18.2 Å². The summed E-state index contributed by atoms with van der Waals surface area (Å²) >= 11 is 0. The molecule has 0 aliphatic heterocycles. The van der Waals surface area contributed by atoms with Crippen LogP contribution in [0.1, 0.15) is 48.5 Å². The first kappa shape index (κ1) is 19.8. The molecule has 4 rings (SSSR count). The summed E-state index contributed by atoms with van der Waals surface area (Å²) in [5.41, 5.74) is 4.31. The van der Waals surface area contributed by atoms with Gasteiger partial charge in [0, 0.05) is 29.4 Å². The molecule has 0 atom stereocenters. The quantitative estimate of drug-likeness (QED) is 0.618. The van der Waals surface area contributed by atoms with E-state index in [-0.39, 0.29) is 17.7 Å². The third kappa shape index (κ3) is 4.54. The zero-order valence-corrected chi connectivity index (χ0v) is 17.1. The van der Waals surface area contributed by atoms with Gasteiger partial charge in [-0.05, 0) is 48.1 Å². The minimum atomic E-state index is -0.282. The number of carbonyl (C=O) groups is 2. The Morgan fingerprint density at radius 2 is 1.83 bits per heavy atom. The van der Waals surface area contributed by atoms with Crippen LogP contribution in [-0.4, -0.2) is 21.8 Å². The molecule has 152 valence electrons. The predicted octanol–water partition coefficient (Wildman–Crippen LogP) is 4.87. The lowest BCUT2D eigenvalue weighted by atomic mass is 9.93. The van der Waals surface area contributed by atoms with Gasteiger partial charge in [-0.15, -0.1) is 0 Å². The average Bonchev–Trinajstić information content (AvgIpc) is 3.60. The molecule has 6 nitrogen and oxygen atoms in total. The Hall–Kier alpha value is -3.54. The lowest BCUT2D eigenvalue weighted by molar-refractivity contribution is -0.117. The second-order valence-electron chi connectivity index (χ2n) is 7.85. The number of benzene rings is 1. The van der Waals surface area contributed by atoms with Crippen molar-refractivity contribution in [3.05, 3.63) is 72.2 Å². The number of aromatic nitrogens is 2. The number of nitrogens with zero attached hydrogens (tertiary/aromatic N) is 2. The highest BCUT2D eigenvalue weighted by Crippen LogP contribution is 2.31. The monoisotopic (exact) mass is 400 g/mol. The van der Waals surface area contributed by atoms with E-state index in [0.717, 1.165) is 24.0 Å². The Bertz CT molecular complexity index is 1090. The highest BCUT2D eigenvalue weighted by molar-refractivity contribution is 6.05. The summed E-state index contributed by atoms with van der Waals surface area (Å²) in [5.74, 6) is 0.515. The minimum absolute atomic E-state index is 0.0409. The van der Waals surface area contributed by atoms with Crippen LogP contribution in [0.5, 0.6) is 0 Å². The van der Waals surface area contributed by atoms with E-state index < -0.39 is 0 Å². The van der Waals surface area contributed by atoms with Gasteiger partial charge in [0.1, 0.15) is 5.82 Å². The number of carbonyl (C=O) groups excluding carboxylic acids is 2. The van der Waals surface area contributed by atoms with Crippen molar-refractivity contribution in [2.45, 2.75) is 32.6 Å². The Morgan fingerprint density at radius 1 is 1.03 bits per heavy atom. The van der Waals surface area contributed by atoms with Crippen molar-refractivity contribution in [3.8, 4) is 11.1 Å². The molecule has 2 amide bonds. The van der Waals surface area contributed by atoms with E-state index >= 15 is 0 Å². The van der Waals surface area contributed by atoms with Gasteiger partial charge in [0.25, 0.3) is 5.91 Å². The number of anilines is 2. The first-order valence-electron chi connectivity index (χ1n) is 10.1. The van der Waals surface area contributed by atoms with E-state index in [9.17, 15) is 9.59 Å². The molecule has 1 saturated carbocycles. The molecule has 0 unspecified atom stereocenters.